The van der Waals surface area contributed by atoms with E-state index < -0.39 is 5.97 Å². The van der Waals surface area contributed by atoms with Crippen LogP contribution < -0.4 is 4.74 Å². The van der Waals surface area contributed by atoms with E-state index in [4.69, 9.17) is 11.2 Å². The number of para-hydroxylation sites is 1. The van der Waals surface area contributed by atoms with Crippen molar-refractivity contribution in [1.29, 1.82) is 0 Å². The van der Waals surface area contributed by atoms with Gasteiger partial charge in [-0.2, -0.15) is 0 Å². The average Bonchev–Trinajstić information content (AvgIpc) is 2.28. The van der Waals surface area contributed by atoms with Gasteiger partial charge in [-0.25, -0.2) is 4.79 Å². The van der Waals surface area contributed by atoms with E-state index in [0.29, 0.717) is 5.75 Å². The molecule has 0 heterocycles. The third-order valence-electron chi connectivity index (χ3n) is 2.63. The molecule has 0 saturated carbocycles. The Morgan fingerprint density at radius 3 is 2.00 bits per heavy atom. The molecule has 0 aromatic heterocycles. The zero-order chi connectivity index (χ0) is 13.0. The van der Waals surface area contributed by atoms with E-state index in [0.717, 1.165) is 11.1 Å². The molecule has 2 heteroatoms. The maximum Gasteiger partial charge on any atom is 0.389 e. The Balaban J connectivity index is 3.29. The van der Waals surface area contributed by atoms with Gasteiger partial charge >= 0.3 is 5.97 Å². The normalized spacial score (nSPS) is 10.4. The third kappa shape index (κ3) is 3.10. The van der Waals surface area contributed by atoms with Gasteiger partial charge in [-0.1, -0.05) is 45.9 Å². The van der Waals surface area contributed by atoms with Gasteiger partial charge in [-0.15, -0.1) is 6.42 Å². The van der Waals surface area contributed by atoms with Crippen LogP contribution >= 0.6 is 0 Å². The number of carbonyl (C=O) groups is 1. The molecule has 0 N–H and O–H groups in total. The first-order valence-electron chi connectivity index (χ1n) is 5.78. The largest absolute Gasteiger partial charge is 0.416 e. The van der Waals surface area contributed by atoms with Crippen molar-refractivity contribution in [3.05, 3.63) is 29.3 Å². The second-order valence-electron chi connectivity index (χ2n) is 4.61. The van der Waals surface area contributed by atoms with Crippen molar-refractivity contribution >= 4 is 5.97 Å². The van der Waals surface area contributed by atoms with Gasteiger partial charge in [0.1, 0.15) is 5.75 Å². The van der Waals surface area contributed by atoms with E-state index in [-0.39, 0.29) is 11.8 Å². The van der Waals surface area contributed by atoms with E-state index in [1.54, 1.807) is 0 Å². The quantitative estimate of drug-likeness (QED) is 0.344. The molecule has 0 radical (unpaired) electrons. The highest BCUT2D eigenvalue weighted by Crippen LogP contribution is 2.34. The van der Waals surface area contributed by atoms with Crippen molar-refractivity contribution in [1.82, 2.24) is 0 Å². The summed E-state index contributed by atoms with van der Waals surface area (Å²) in [5, 5.41) is 0. The molecule has 17 heavy (non-hydrogen) atoms. The van der Waals surface area contributed by atoms with Crippen molar-refractivity contribution in [2.24, 2.45) is 0 Å². The SMILES string of the molecule is C#CC(=O)Oc1c(C(C)C)cccc1C(C)C. The smallest absolute Gasteiger partial charge is 0.389 e. The van der Waals surface area contributed by atoms with Crippen molar-refractivity contribution in [3.8, 4) is 18.1 Å². The highest BCUT2D eigenvalue weighted by Gasteiger charge is 2.16. The minimum absolute atomic E-state index is 0.286. The molecule has 0 atom stereocenters. The van der Waals surface area contributed by atoms with Gasteiger partial charge in [0.15, 0.2) is 0 Å². The Kier molecular flexibility index (Phi) is 4.34. The molecule has 1 rings (SSSR count). The van der Waals surface area contributed by atoms with Crippen LogP contribution in [0.3, 0.4) is 0 Å². The standard InChI is InChI=1S/C15H18O2/c1-6-14(16)17-15-12(10(2)3)8-7-9-13(15)11(4)5/h1,7-11H,2-5H3. The molecule has 0 saturated heterocycles. The zero-order valence-corrected chi connectivity index (χ0v) is 10.8. The van der Waals surface area contributed by atoms with E-state index in [1.807, 2.05) is 24.1 Å². The lowest BCUT2D eigenvalue weighted by atomic mass is 9.94. The summed E-state index contributed by atoms with van der Waals surface area (Å²) in [6.07, 6.45) is 5.05. The van der Waals surface area contributed by atoms with Crippen LogP contribution in [0.15, 0.2) is 18.2 Å². The highest BCUT2D eigenvalue weighted by atomic mass is 16.5. The second-order valence-corrected chi connectivity index (χ2v) is 4.61. The van der Waals surface area contributed by atoms with Gasteiger partial charge in [0, 0.05) is 5.92 Å². The zero-order valence-electron chi connectivity index (χ0n) is 10.8. The van der Waals surface area contributed by atoms with Gasteiger partial charge in [0.2, 0.25) is 0 Å². The van der Waals surface area contributed by atoms with E-state index in [2.05, 4.69) is 27.7 Å². The van der Waals surface area contributed by atoms with Crippen molar-refractivity contribution < 1.29 is 9.53 Å². The molecule has 2 nitrogen and oxygen atoms in total. The highest BCUT2D eigenvalue weighted by molar-refractivity contribution is 5.89. The molecule has 0 aliphatic heterocycles. The predicted molar refractivity (Wildman–Crippen MR) is 69.1 cm³/mol. The fourth-order valence-corrected chi connectivity index (χ4v) is 1.72. The van der Waals surface area contributed by atoms with Crippen molar-refractivity contribution in [3.63, 3.8) is 0 Å². The molecule has 0 aliphatic carbocycles. The Bertz CT molecular complexity index is 424. The Morgan fingerprint density at radius 2 is 1.65 bits per heavy atom. The summed E-state index contributed by atoms with van der Waals surface area (Å²) in [5.74, 6) is 2.54. The molecule has 1 aromatic rings. The van der Waals surface area contributed by atoms with Crippen LogP contribution in [0.1, 0.15) is 50.7 Å². The topological polar surface area (TPSA) is 26.3 Å². The van der Waals surface area contributed by atoms with Gasteiger partial charge in [0.25, 0.3) is 0 Å². The fourth-order valence-electron chi connectivity index (χ4n) is 1.72. The first-order valence-corrected chi connectivity index (χ1v) is 5.78. The molecule has 1 aromatic carbocycles. The van der Waals surface area contributed by atoms with E-state index in [9.17, 15) is 4.79 Å². The van der Waals surface area contributed by atoms with Crippen LogP contribution in [-0.4, -0.2) is 5.97 Å². The first kappa shape index (κ1) is 13.3. The molecule has 0 spiro atoms. The molecular weight excluding hydrogens is 212 g/mol. The number of carbonyl (C=O) groups excluding carboxylic acids is 1. The maximum absolute atomic E-state index is 11.3. The van der Waals surface area contributed by atoms with Crippen molar-refractivity contribution in [2.75, 3.05) is 0 Å². The number of terminal acetylenes is 1. The molecule has 0 unspecified atom stereocenters. The Morgan fingerprint density at radius 1 is 1.18 bits per heavy atom. The molecule has 0 bridgehead atoms. The number of esters is 1. The molecule has 0 aliphatic rings. The summed E-state index contributed by atoms with van der Waals surface area (Å²) in [4.78, 5) is 11.3. The summed E-state index contributed by atoms with van der Waals surface area (Å²) >= 11 is 0. The molecular formula is C15H18O2. The first-order chi connectivity index (χ1) is 7.97. The van der Waals surface area contributed by atoms with Gasteiger partial charge < -0.3 is 4.74 Å². The lowest BCUT2D eigenvalue weighted by molar-refractivity contribution is -0.128. The molecule has 0 amide bonds. The predicted octanol–water partition coefficient (Wildman–Crippen LogP) is 3.47. The van der Waals surface area contributed by atoms with Crippen LogP contribution in [0.25, 0.3) is 0 Å². The summed E-state index contributed by atoms with van der Waals surface area (Å²) < 4.78 is 5.27. The second kappa shape index (κ2) is 5.54. The van der Waals surface area contributed by atoms with Gasteiger partial charge in [-0.3, -0.25) is 0 Å². The maximum atomic E-state index is 11.3. The number of hydrogen-bond donors (Lipinski definition) is 0. The van der Waals surface area contributed by atoms with Gasteiger partial charge in [-0.05, 0) is 23.0 Å². The van der Waals surface area contributed by atoms with Crippen LogP contribution in [0.2, 0.25) is 0 Å². The van der Waals surface area contributed by atoms with Crippen LogP contribution in [0, 0.1) is 12.3 Å². The minimum atomic E-state index is -0.639. The summed E-state index contributed by atoms with van der Waals surface area (Å²) in [7, 11) is 0. The number of rotatable bonds is 3. The van der Waals surface area contributed by atoms with Crippen LogP contribution in [-0.2, 0) is 4.79 Å². The number of benzene rings is 1. The third-order valence-corrected chi connectivity index (χ3v) is 2.63. The summed E-state index contributed by atoms with van der Waals surface area (Å²) in [6.45, 7) is 8.25. The van der Waals surface area contributed by atoms with E-state index in [1.165, 1.54) is 0 Å². The lowest BCUT2D eigenvalue weighted by Gasteiger charge is -2.17. The summed E-state index contributed by atoms with van der Waals surface area (Å²) in [6, 6.07) is 5.92. The fraction of sp³-hybridized carbons (Fsp3) is 0.400. The Hall–Kier alpha value is -1.75. The van der Waals surface area contributed by atoms with Gasteiger partial charge in [0.05, 0.1) is 0 Å². The average molecular weight is 230 g/mol. The lowest BCUT2D eigenvalue weighted by Crippen LogP contribution is -2.09. The minimum Gasteiger partial charge on any atom is -0.416 e. The number of ether oxygens (including phenoxy) is 1. The van der Waals surface area contributed by atoms with Crippen LogP contribution in [0.4, 0.5) is 0 Å². The summed E-state index contributed by atoms with van der Waals surface area (Å²) in [5.41, 5.74) is 2.03. The Labute approximate surface area is 103 Å². The molecule has 90 valence electrons. The van der Waals surface area contributed by atoms with Crippen molar-refractivity contribution in [2.45, 2.75) is 39.5 Å². The monoisotopic (exact) mass is 230 g/mol. The molecule has 0 fully saturated rings. The van der Waals surface area contributed by atoms with Crippen LogP contribution in [0.5, 0.6) is 5.75 Å². The van der Waals surface area contributed by atoms with E-state index >= 15 is 0 Å². The number of hydrogen-bond acceptors (Lipinski definition) is 2.